The van der Waals surface area contributed by atoms with Gasteiger partial charge in [0, 0.05) is 24.5 Å². The number of nitrogens with zero attached hydrogens (tertiary/aromatic N) is 3. The van der Waals surface area contributed by atoms with E-state index in [9.17, 15) is 0 Å². The van der Waals surface area contributed by atoms with Crippen LogP contribution in [0.25, 0.3) is 11.5 Å². The Balaban J connectivity index is 2.32. The smallest absolute Gasteiger partial charge is 0.180 e. The first-order valence-corrected chi connectivity index (χ1v) is 6.21. The molecule has 4 nitrogen and oxygen atoms in total. The molecule has 2 aromatic heterocycles. The molecule has 0 amide bonds. The molecule has 2 heterocycles. The summed E-state index contributed by atoms with van der Waals surface area (Å²) >= 11 is 0. The van der Waals surface area contributed by atoms with E-state index in [-0.39, 0.29) is 0 Å². The summed E-state index contributed by atoms with van der Waals surface area (Å²) in [6.45, 7) is 7.03. The molecule has 0 aromatic carbocycles. The van der Waals surface area contributed by atoms with Crippen molar-refractivity contribution in [1.82, 2.24) is 15.0 Å². The van der Waals surface area contributed by atoms with Crippen LogP contribution in [0, 0.1) is 13.8 Å². The molecule has 0 saturated heterocycles. The van der Waals surface area contributed by atoms with Crippen molar-refractivity contribution in [2.24, 2.45) is 0 Å². The van der Waals surface area contributed by atoms with Gasteiger partial charge in [0.2, 0.25) is 0 Å². The number of rotatable bonds is 4. The van der Waals surface area contributed by atoms with Gasteiger partial charge < -0.3 is 5.32 Å². The van der Waals surface area contributed by atoms with Crippen molar-refractivity contribution in [3.8, 4) is 11.5 Å². The summed E-state index contributed by atoms with van der Waals surface area (Å²) in [5.74, 6) is 1.54. The summed E-state index contributed by atoms with van der Waals surface area (Å²) in [6, 6.07) is 5.92. The van der Waals surface area contributed by atoms with Crippen molar-refractivity contribution in [2.45, 2.75) is 27.2 Å². The zero-order chi connectivity index (χ0) is 13.0. The maximum Gasteiger partial charge on any atom is 0.180 e. The van der Waals surface area contributed by atoms with Gasteiger partial charge in [-0.15, -0.1) is 0 Å². The quantitative estimate of drug-likeness (QED) is 0.895. The van der Waals surface area contributed by atoms with Crippen LogP contribution in [0.1, 0.15) is 24.6 Å². The monoisotopic (exact) mass is 242 g/mol. The normalized spacial score (nSPS) is 10.4. The third-order valence-corrected chi connectivity index (χ3v) is 2.55. The number of aromatic nitrogens is 3. The van der Waals surface area contributed by atoms with E-state index in [0.717, 1.165) is 35.7 Å². The lowest BCUT2D eigenvalue weighted by atomic mass is 10.2. The molecule has 0 aliphatic rings. The summed E-state index contributed by atoms with van der Waals surface area (Å²) in [5.41, 5.74) is 2.89. The van der Waals surface area contributed by atoms with E-state index in [2.05, 4.69) is 27.2 Å². The van der Waals surface area contributed by atoms with Crippen LogP contribution in [0.5, 0.6) is 0 Å². The molecule has 0 radical (unpaired) electrons. The lowest BCUT2D eigenvalue weighted by Crippen LogP contribution is -2.04. The molecular weight excluding hydrogens is 224 g/mol. The Bertz CT molecular complexity index is 520. The second kappa shape index (κ2) is 5.58. The second-order valence-corrected chi connectivity index (χ2v) is 4.37. The highest BCUT2D eigenvalue weighted by molar-refractivity contribution is 5.53. The summed E-state index contributed by atoms with van der Waals surface area (Å²) < 4.78 is 0. The molecule has 94 valence electrons. The van der Waals surface area contributed by atoms with Crippen LogP contribution in [0.15, 0.2) is 24.4 Å². The number of hydrogen-bond acceptors (Lipinski definition) is 4. The van der Waals surface area contributed by atoms with Crippen molar-refractivity contribution in [2.75, 3.05) is 11.9 Å². The molecule has 2 aromatic rings. The van der Waals surface area contributed by atoms with Crippen LogP contribution >= 0.6 is 0 Å². The molecule has 18 heavy (non-hydrogen) atoms. The Morgan fingerprint density at radius 1 is 1.17 bits per heavy atom. The third-order valence-electron chi connectivity index (χ3n) is 2.55. The van der Waals surface area contributed by atoms with Crippen molar-refractivity contribution in [3.05, 3.63) is 35.7 Å². The molecule has 1 N–H and O–H groups in total. The Morgan fingerprint density at radius 2 is 2.00 bits per heavy atom. The van der Waals surface area contributed by atoms with E-state index in [1.54, 1.807) is 0 Å². The zero-order valence-corrected chi connectivity index (χ0v) is 11.1. The topological polar surface area (TPSA) is 50.7 Å². The fourth-order valence-corrected chi connectivity index (χ4v) is 1.63. The maximum absolute atomic E-state index is 4.49. The molecule has 0 spiro atoms. The summed E-state index contributed by atoms with van der Waals surface area (Å²) in [7, 11) is 0. The molecule has 4 heteroatoms. The molecule has 0 atom stereocenters. The van der Waals surface area contributed by atoms with Gasteiger partial charge in [0.1, 0.15) is 11.5 Å². The number of pyridine rings is 1. The third kappa shape index (κ3) is 3.03. The van der Waals surface area contributed by atoms with E-state index in [1.165, 1.54) is 0 Å². The minimum Gasteiger partial charge on any atom is -0.370 e. The summed E-state index contributed by atoms with van der Waals surface area (Å²) in [6.07, 6.45) is 2.90. The number of nitrogens with one attached hydrogen (secondary N) is 1. The fourth-order valence-electron chi connectivity index (χ4n) is 1.63. The molecule has 0 aliphatic heterocycles. The van der Waals surface area contributed by atoms with Crippen LogP contribution in [-0.2, 0) is 0 Å². The maximum atomic E-state index is 4.49. The molecule has 0 fully saturated rings. The van der Waals surface area contributed by atoms with Crippen molar-refractivity contribution in [1.29, 1.82) is 0 Å². The van der Waals surface area contributed by atoms with E-state index in [4.69, 9.17) is 0 Å². The van der Waals surface area contributed by atoms with Gasteiger partial charge in [0.15, 0.2) is 5.82 Å². The van der Waals surface area contributed by atoms with E-state index >= 15 is 0 Å². The van der Waals surface area contributed by atoms with Gasteiger partial charge in [-0.3, -0.25) is 4.98 Å². The van der Waals surface area contributed by atoms with E-state index in [0.29, 0.717) is 5.82 Å². The van der Waals surface area contributed by atoms with Gasteiger partial charge in [-0.25, -0.2) is 9.97 Å². The number of anilines is 1. The number of aryl methyl sites for hydroxylation is 2. The van der Waals surface area contributed by atoms with Crippen LogP contribution in [0.4, 0.5) is 5.82 Å². The largest absolute Gasteiger partial charge is 0.370 e. The molecule has 0 unspecified atom stereocenters. The average Bonchev–Trinajstić information content (AvgIpc) is 2.36. The summed E-state index contributed by atoms with van der Waals surface area (Å²) in [4.78, 5) is 13.3. The van der Waals surface area contributed by atoms with Crippen LogP contribution in [-0.4, -0.2) is 21.5 Å². The molecular formula is C14H18N4. The average molecular weight is 242 g/mol. The van der Waals surface area contributed by atoms with Crippen LogP contribution in [0.3, 0.4) is 0 Å². The predicted molar refractivity (Wildman–Crippen MR) is 73.5 cm³/mol. The minimum absolute atomic E-state index is 0.675. The van der Waals surface area contributed by atoms with E-state index in [1.807, 2.05) is 38.2 Å². The van der Waals surface area contributed by atoms with Gasteiger partial charge >= 0.3 is 0 Å². The van der Waals surface area contributed by atoms with Crippen molar-refractivity contribution < 1.29 is 0 Å². The highest BCUT2D eigenvalue weighted by atomic mass is 15.0. The first-order chi connectivity index (χ1) is 8.69. The Hall–Kier alpha value is -1.97. The zero-order valence-electron chi connectivity index (χ0n) is 11.1. The molecule has 2 rings (SSSR count). The standard InChI is InChI=1S/C14H18N4/c1-4-7-15-13-8-11(3)17-14(18-13)12-6-5-10(2)9-16-12/h5-6,8-9H,4,7H2,1-3H3,(H,15,17,18). The van der Waals surface area contributed by atoms with E-state index < -0.39 is 0 Å². The van der Waals surface area contributed by atoms with Crippen LogP contribution < -0.4 is 5.32 Å². The highest BCUT2D eigenvalue weighted by Gasteiger charge is 2.05. The SMILES string of the molecule is CCCNc1cc(C)nc(-c2ccc(C)cn2)n1. The Labute approximate surface area is 108 Å². The van der Waals surface area contributed by atoms with Crippen molar-refractivity contribution in [3.63, 3.8) is 0 Å². The predicted octanol–water partition coefficient (Wildman–Crippen LogP) is 2.98. The Kier molecular flexibility index (Phi) is 3.87. The van der Waals surface area contributed by atoms with Crippen LogP contribution in [0.2, 0.25) is 0 Å². The molecule has 0 bridgehead atoms. The molecule has 0 saturated carbocycles. The molecule has 0 aliphatic carbocycles. The van der Waals surface area contributed by atoms with Crippen molar-refractivity contribution >= 4 is 5.82 Å². The minimum atomic E-state index is 0.675. The first-order valence-electron chi connectivity index (χ1n) is 6.21. The number of hydrogen-bond donors (Lipinski definition) is 1. The lowest BCUT2D eigenvalue weighted by Gasteiger charge is -2.07. The first kappa shape index (κ1) is 12.5. The van der Waals surface area contributed by atoms with Gasteiger partial charge in [-0.1, -0.05) is 13.0 Å². The van der Waals surface area contributed by atoms with Gasteiger partial charge in [-0.2, -0.15) is 0 Å². The fraction of sp³-hybridized carbons (Fsp3) is 0.357. The second-order valence-electron chi connectivity index (χ2n) is 4.37. The van der Waals surface area contributed by atoms with Gasteiger partial charge in [-0.05, 0) is 31.9 Å². The summed E-state index contributed by atoms with van der Waals surface area (Å²) in [5, 5.41) is 3.28. The Morgan fingerprint density at radius 3 is 2.67 bits per heavy atom. The van der Waals surface area contributed by atoms with Gasteiger partial charge in [0.05, 0.1) is 0 Å². The lowest BCUT2D eigenvalue weighted by molar-refractivity contribution is 0.961. The highest BCUT2D eigenvalue weighted by Crippen LogP contribution is 2.15. The van der Waals surface area contributed by atoms with Gasteiger partial charge in [0.25, 0.3) is 0 Å².